The molecule has 0 saturated carbocycles. The maximum atomic E-state index is 6.07. The normalized spacial score (nSPS) is 11.0. The van der Waals surface area contributed by atoms with Crippen LogP contribution in [0.1, 0.15) is 5.56 Å². The summed E-state index contributed by atoms with van der Waals surface area (Å²) in [6.07, 6.45) is 0. The van der Waals surface area contributed by atoms with E-state index in [1.165, 1.54) is 0 Å². The molecule has 1 aromatic heterocycles. The molecule has 0 atom stereocenters. The molecule has 0 aliphatic heterocycles. The van der Waals surface area contributed by atoms with Crippen LogP contribution in [0.5, 0.6) is 5.75 Å². The van der Waals surface area contributed by atoms with Crippen LogP contribution in [0.3, 0.4) is 0 Å². The average molecular weight is 412 g/mol. The fraction of sp³-hybridized carbons (Fsp3) is 0.133. The molecule has 0 bridgehead atoms. The lowest BCUT2D eigenvalue weighted by molar-refractivity contribution is 0.415. The molecule has 21 heavy (non-hydrogen) atoms. The number of methoxy groups -OCH3 is 1. The second-order valence-corrected chi connectivity index (χ2v) is 6.32. The number of aromatic nitrogens is 1. The number of hydrogen-bond donors (Lipinski definition) is 1. The number of oxazole rings is 1. The van der Waals surface area contributed by atoms with Crippen molar-refractivity contribution in [1.29, 1.82) is 0 Å². The van der Waals surface area contributed by atoms with Gasteiger partial charge in [-0.15, -0.1) is 0 Å². The number of rotatable bonds is 2. The number of fused-ring (bicyclic) bond motifs is 1. The molecule has 0 aliphatic rings. The maximum absolute atomic E-state index is 6.07. The summed E-state index contributed by atoms with van der Waals surface area (Å²) < 4.78 is 12.8. The Morgan fingerprint density at radius 3 is 2.67 bits per heavy atom. The minimum absolute atomic E-state index is 0.529. The minimum Gasteiger partial charge on any atom is -0.497 e. The standard InChI is InChI=1S/C15H12Br2N2O2/c1-7-13(9(16)6-10(17)14(7)18)15-19-11-5-8(20-2)3-4-12(11)21-15/h3-6H,18H2,1-2H3. The number of hydrogen-bond acceptors (Lipinski definition) is 4. The lowest BCUT2D eigenvalue weighted by Crippen LogP contribution is -1.95. The summed E-state index contributed by atoms with van der Waals surface area (Å²) in [5, 5.41) is 0. The molecule has 0 unspecified atom stereocenters. The van der Waals surface area contributed by atoms with Crippen molar-refractivity contribution in [1.82, 2.24) is 4.98 Å². The highest BCUT2D eigenvalue weighted by molar-refractivity contribution is 9.11. The van der Waals surface area contributed by atoms with Gasteiger partial charge in [0.2, 0.25) is 5.89 Å². The van der Waals surface area contributed by atoms with E-state index in [0.717, 1.165) is 31.3 Å². The molecule has 0 radical (unpaired) electrons. The number of anilines is 1. The van der Waals surface area contributed by atoms with Crippen LogP contribution in [0.2, 0.25) is 0 Å². The van der Waals surface area contributed by atoms with Crippen LogP contribution in [0.25, 0.3) is 22.6 Å². The summed E-state index contributed by atoms with van der Waals surface area (Å²) >= 11 is 6.98. The van der Waals surface area contributed by atoms with Gasteiger partial charge in [-0.3, -0.25) is 0 Å². The molecule has 0 saturated heterocycles. The lowest BCUT2D eigenvalue weighted by Gasteiger charge is -2.09. The van der Waals surface area contributed by atoms with Crippen LogP contribution in [-0.4, -0.2) is 12.1 Å². The predicted molar refractivity (Wildman–Crippen MR) is 90.5 cm³/mol. The van der Waals surface area contributed by atoms with Crippen LogP contribution in [-0.2, 0) is 0 Å². The van der Waals surface area contributed by atoms with Gasteiger partial charge in [-0.25, -0.2) is 4.98 Å². The summed E-state index contributed by atoms with van der Waals surface area (Å²) in [6.45, 7) is 1.94. The van der Waals surface area contributed by atoms with Crippen molar-refractivity contribution in [3.8, 4) is 17.2 Å². The van der Waals surface area contributed by atoms with Crippen molar-refractivity contribution in [2.75, 3.05) is 12.8 Å². The van der Waals surface area contributed by atoms with Crippen molar-refractivity contribution in [2.45, 2.75) is 6.92 Å². The Labute approximate surface area is 138 Å². The van der Waals surface area contributed by atoms with Gasteiger partial charge in [0.05, 0.1) is 12.7 Å². The van der Waals surface area contributed by atoms with Crippen LogP contribution in [0, 0.1) is 6.92 Å². The van der Waals surface area contributed by atoms with E-state index in [1.54, 1.807) is 7.11 Å². The summed E-state index contributed by atoms with van der Waals surface area (Å²) in [4.78, 5) is 4.54. The van der Waals surface area contributed by atoms with Crippen molar-refractivity contribution in [3.05, 3.63) is 38.8 Å². The molecule has 0 spiro atoms. The molecule has 0 aliphatic carbocycles. The first-order valence-electron chi connectivity index (χ1n) is 6.20. The second-order valence-electron chi connectivity index (χ2n) is 4.61. The van der Waals surface area contributed by atoms with Gasteiger partial charge in [-0.2, -0.15) is 0 Å². The Hall–Kier alpha value is -1.53. The van der Waals surface area contributed by atoms with Gasteiger partial charge in [0.25, 0.3) is 0 Å². The molecule has 2 aromatic carbocycles. The van der Waals surface area contributed by atoms with E-state index in [-0.39, 0.29) is 0 Å². The highest BCUT2D eigenvalue weighted by atomic mass is 79.9. The zero-order valence-corrected chi connectivity index (χ0v) is 14.6. The van der Waals surface area contributed by atoms with Crippen molar-refractivity contribution < 1.29 is 9.15 Å². The molecule has 108 valence electrons. The molecular weight excluding hydrogens is 400 g/mol. The minimum atomic E-state index is 0.529. The first-order chi connectivity index (χ1) is 10.0. The fourth-order valence-corrected chi connectivity index (χ4v) is 3.69. The van der Waals surface area contributed by atoms with E-state index in [0.29, 0.717) is 17.2 Å². The molecule has 3 rings (SSSR count). The van der Waals surface area contributed by atoms with E-state index in [9.17, 15) is 0 Å². The SMILES string of the molecule is COc1ccc2oc(-c3c(Br)cc(Br)c(N)c3C)nc2c1. The summed E-state index contributed by atoms with van der Waals surface area (Å²) in [7, 11) is 1.62. The molecule has 3 aromatic rings. The Kier molecular flexibility index (Phi) is 3.67. The van der Waals surface area contributed by atoms with E-state index in [4.69, 9.17) is 14.9 Å². The van der Waals surface area contributed by atoms with Crippen molar-refractivity contribution in [3.63, 3.8) is 0 Å². The van der Waals surface area contributed by atoms with Gasteiger partial charge in [0.15, 0.2) is 5.58 Å². The van der Waals surface area contributed by atoms with Gasteiger partial charge < -0.3 is 14.9 Å². The fourth-order valence-electron chi connectivity index (χ4n) is 2.16. The lowest BCUT2D eigenvalue weighted by atomic mass is 10.1. The summed E-state index contributed by atoms with van der Waals surface area (Å²) in [6, 6.07) is 7.42. The molecule has 2 N–H and O–H groups in total. The third kappa shape index (κ3) is 2.42. The Balaban J connectivity index is 2.23. The Bertz CT molecular complexity index is 843. The van der Waals surface area contributed by atoms with Gasteiger partial charge in [-0.1, -0.05) is 0 Å². The molecular formula is C15H12Br2N2O2. The quantitative estimate of drug-likeness (QED) is 0.608. The Morgan fingerprint density at radius 1 is 1.19 bits per heavy atom. The number of ether oxygens (including phenoxy) is 1. The highest BCUT2D eigenvalue weighted by Crippen LogP contribution is 2.39. The zero-order chi connectivity index (χ0) is 15.1. The van der Waals surface area contributed by atoms with E-state index in [2.05, 4.69) is 36.8 Å². The third-order valence-corrected chi connectivity index (χ3v) is 4.62. The van der Waals surface area contributed by atoms with E-state index in [1.807, 2.05) is 31.2 Å². The predicted octanol–water partition coefficient (Wildman–Crippen LogP) is 4.92. The second kappa shape index (κ2) is 5.35. The molecule has 0 amide bonds. The molecule has 1 heterocycles. The average Bonchev–Trinajstić information content (AvgIpc) is 2.87. The van der Waals surface area contributed by atoms with Crippen LogP contribution < -0.4 is 10.5 Å². The first-order valence-corrected chi connectivity index (χ1v) is 7.79. The summed E-state index contributed by atoms with van der Waals surface area (Å²) in [5.74, 6) is 1.27. The van der Waals surface area contributed by atoms with Crippen LogP contribution >= 0.6 is 31.9 Å². The van der Waals surface area contributed by atoms with Gasteiger partial charge in [0.1, 0.15) is 11.3 Å². The number of benzene rings is 2. The number of nitrogens with two attached hydrogens (primary N) is 1. The maximum Gasteiger partial charge on any atom is 0.228 e. The van der Waals surface area contributed by atoms with E-state index < -0.39 is 0 Å². The molecule has 0 fully saturated rings. The van der Waals surface area contributed by atoms with E-state index >= 15 is 0 Å². The summed E-state index contributed by atoms with van der Waals surface area (Å²) in [5.41, 5.74) is 9.96. The Morgan fingerprint density at radius 2 is 1.95 bits per heavy atom. The number of nitrogen functional groups attached to an aromatic ring is 1. The first kappa shape index (κ1) is 14.4. The monoisotopic (exact) mass is 410 g/mol. The molecule has 6 heteroatoms. The van der Waals surface area contributed by atoms with Gasteiger partial charge in [-0.05, 0) is 62.5 Å². The smallest absolute Gasteiger partial charge is 0.228 e. The van der Waals surface area contributed by atoms with Crippen LogP contribution in [0.15, 0.2) is 37.6 Å². The van der Waals surface area contributed by atoms with Crippen molar-refractivity contribution in [2.24, 2.45) is 0 Å². The zero-order valence-electron chi connectivity index (χ0n) is 11.4. The number of nitrogens with zero attached hydrogens (tertiary/aromatic N) is 1. The highest BCUT2D eigenvalue weighted by Gasteiger charge is 2.17. The van der Waals surface area contributed by atoms with Crippen molar-refractivity contribution >= 4 is 48.6 Å². The van der Waals surface area contributed by atoms with Gasteiger partial charge in [0, 0.05) is 20.7 Å². The molecule has 4 nitrogen and oxygen atoms in total. The number of halogens is 2. The largest absolute Gasteiger partial charge is 0.497 e. The third-order valence-electron chi connectivity index (χ3n) is 3.34. The van der Waals surface area contributed by atoms with Crippen LogP contribution in [0.4, 0.5) is 5.69 Å². The topological polar surface area (TPSA) is 61.3 Å². The van der Waals surface area contributed by atoms with Gasteiger partial charge >= 0.3 is 0 Å².